The minimum Gasteiger partial charge on any atom is -0.314 e. The van der Waals surface area contributed by atoms with E-state index < -0.39 is 0 Å². The van der Waals surface area contributed by atoms with Crippen molar-refractivity contribution in [3.8, 4) is 0 Å². The third-order valence-corrected chi connectivity index (χ3v) is 3.81. The van der Waals surface area contributed by atoms with E-state index in [1.54, 1.807) is 0 Å². The molecule has 3 nitrogen and oxygen atoms in total. The fraction of sp³-hybridized carbons (Fsp3) is 0.667. The number of hydrogen-bond donors (Lipinski definition) is 1. The van der Waals surface area contributed by atoms with Gasteiger partial charge in [-0.3, -0.25) is 4.98 Å². The van der Waals surface area contributed by atoms with Crippen LogP contribution in [-0.2, 0) is 6.42 Å². The largest absolute Gasteiger partial charge is 0.314 e. The first-order valence-corrected chi connectivity index (χ1v) is 7.24. The number of hydrogen-bond acceptors (Lipinski definition) is 3. The van der Waals surface area contributed by atoms with Crippen LogP contribution >= 0.6 is 0 Å². The molecule has 100 valence electrons. The van der Waals surface area contributed by atoms with Crippen molar-refractivity contribution < 1.29 is 0 Å². The zero-order chi connectivity index (χ0) is 12.6. The zero-order valence-electron chi connectivity index (χ0n) is 11.4. The van der Waals surface area contributed by atoms with E-state index in [1.807, 2.05) is 12.3 Å². The Morgan fingerprint density at radius 3 is 3.06 bits per heavy atom. The molecule has 0 amide bonds. The Labute approximate surface area is 111 Å². The second-order valence-electron chi connectivity index (χ2n) is 5.09. The Morgan fingerprint density at radius 2 is 2.28 bits per heavy atom. The van der Waals surface area contributed by atoms with Gasteiger partial charge in [0.1, 0.15) is 0 Å². The number of nitrogens with one attached hydrogen (secondary N) is 1. The highest BCUT2D eigenvalue weighted by Crippen LogP contribution is 2.10. The summed E-state index contributed by atoms with van der Waals surface area (Å²) in [7, 11) is 0. The van der Waals surface area contributed by atoms with Crippen LogP contribution in [0.25, 0.3) is 0 Å². The Morgan fingerprint density at radius 1 is 1.33 bits per heavy atom. The van der Waals surface area contributed by atoms with Gasteiger partial charge in [0.05, 0.1) is 0 Å². The minimum absolute atomic E-state index is 0.699. The molecule has 0 bridgehead atoms. The molecular formula is C15H25N3. The summed E-state index contributed by atoms with van der Waals surface area (Å²) in [6, 6.07) is 6.84. The molecule has 0 spiro atoms. The summed E-state index contributed by atoms with van der Waals surface area (Å²) >= 11 is 0. The Hall–Kier alpha value is -0.930. The maximum atomic E-state index is 4.36. The fourth-order valence-corrected chi connectivity index (χ4v) is 2.63. The normalized spacial score (nSPS) is 21.7. The molecule has 1 N–H and O–H groups in total. The molecule has 1 atom stereocenters. The van der Waals surface area contributed by atoms with E-state index in [9.17, 15) is 0 Å². The number of rotatable bonds is 5. The lowest BCUT2D eigenvalue weighted by molar-refractivity contribution is 0.297. The van der Waals surface area contributed by atoms with Crippen LogP contribution in [0.1, 0.15) is 31.9 Å². The molecule has 2 rings (SSSR count). The lowest BCUT2D eigenvalue weighted by Gasteiger charge is -2.18. The topological polar surface area (TPSA) is 28.2 Å². The summed E-state index contributed by atoms with van der Waals surface area (Å²) in [4.78, 5) is 6.91. The van der Waals surface area contributed by atoms with Gasteiger partial charge < -0.3 is 10.2 Å². The summed E-state index contributed by atoms with van der Waals surface area (Å²) in [6.07, 6.45) is 6.85. The molecule has 1 aromatic heterocycles. The Balaban J connectivity index is 1.67. The molecule has 1 aromatic rings. The van der Waals surface area contributed by atoms with E-state index in [4.69, 9.17) is 0 Å². The lowest BCUT2D eigenvalue weighted by Crippen LogP contribution is -2.32. The molecule has 2 heterocycles. The van der Waals surface area contributed by atoms with Crippen molar-refractivity contribution in [1.29, 1.82) is 0 Å². The molecule has 0 radical (unpaired) electrons. The summed E-state index contributed by atoms with van der Waals surface area (Å²) < 4.78 is 0. The van der Waals surface area contributed by atoms with Gasteiger partial charge in [-0.2, -0.15) is 0 Å². The molecule has 3 heteroatoms. The molecule has 1 aliphatic heterocycles. The predicted octanol–water partition coefficient (Wildman–Crippen LogP) is 2.09. The molecule has 1 aliphatic rings. The summed E-state index contributed by atoms with van der Waals surface area (Å²) in [5, 5.41) is 3.69. The van der Waals surface area contributed by atoms with E-state index in [0.717, 1.165) is 13.0 Å². The van der Waals surface area contributed by atoms with Crippen LogP contribution < -0.4 is 5.32 Å². The number of likely N-dealkylation sites (tertiary alicyclic amines) is 1. The van der Waals surface area contributed by atoms with Crippen LogP contribution in [0.15, 0.2) is 24.4 Å². The van der Waals surface area contributed by atoms with Crippen molar-refractivity contribution in [1.82, 2.24) is 15.2 Å². The predicted molar refractivity (Wildman–Crippen MR) is 75.7 cm³/mol. The number of pyridine rings is 1. The van der Waals surface area contributed by atoms with E-state index in [0.29, 0.717) is 6.04 Å². The maximum Gasteiger partial charge on any atom is 0.0416 e. The first-order chi connectivity index (χ1) is 8.88. The van der Waals surface area contributed by atoms with Crippen molar-refractivity contribution in [2.24, 2.45) is 0 Å². The van der Waals surface area contributed by atoms with E-state index >= 15 is 0 Å². The number of nitrogens with zero attached hydrogens (tertiary/aromatic N) is 2. The summed E-state index contributed by atoms with van der Waals surface area (Å²) in [5.41, 5.74) is 1.19. The van der Waals surface area contributed by atoms with Crippen LogP contribution in [0.5, 0.6) is 0 Å². The van der Waals surface area contributed by atoms with Crippen molar-refractivity contribution in [2.75, 3.05) is 26.2 Å². The van der Waals surface area contributed by atoms with Crippen molar-refractivity contribution in [3.63, 3.8) is 0 Å². The minimum atomic E-state index is 0.699. The quantitative estimate of drug-likeness (QED) is 0.863. The molecule has 0 aromatic carbocycles. The van der Waals surface area contributed by atoms with Crippen LogP contribution in [0.3, 0.4) is 0 Å². The maximum absolute atomic E-state index is 4.36. The van der Waals surface area contributed by atoms with Gasteiger partial charge in [0.15, 0.2) is 0 Å². The number of aromatic nitrogens is 1. The van der Waals surface area contributed by atoms with Gasteiger partial charge in [-0.25, -0.2) is 0 Å². The molecule has 0 saturated carbocycles. The highest BCUT2D eigenvalue weighted by Gasteiger charge is 2.14. The second kappa shape index (κ2) is 7.49. The molecule has 0 aliphatic carbocycles. The summed E-state index contributed by atoms with van der Waals surface area (Å²) in [6.45, 7) is 7.02. The van der Waals surface area contributed by atoms with Crippen LogP contribution in [0, 0.1) is 0 Å². The highest BCUT2D eigenvalue weighted by atomic mass is 15.1. The van der Waals surface area contributed by atoms with Crippen LogP contribution in [-0.4, -0.2) is 42.1 Å². The zero-order valence-corrected chi connectivity index (χ0v) is 11.4. The van der Waals surface area contributed by atoms with Crippen LogP contribution in [0.2, 0.25) is 0 Å². The monoisotopic (exact) mass is 247 g/mol. The third-order valence-electron chi connectivity index (χ3n) is 3.81. The average molecular weight is 247 g/mol. The Bertz CT molecular complexity index is 326. The van der Waals surface area contributed by atoms with E-state index in [2.05, 4.69) is 34.3 Å². The molecule has 18 heavy (non-hydrogen) atoms. The van der Waals surface area contributed by atoms with Crippen LogP contribution in [0.4, 0.5) is 0 Å². The first kappa shape index (κ1) is 13.5. The molecule has 1 unspecified atom stereocenters. The lowest BCUT2D eigenvalue weighted by atomic mass is 10.1. The standard InChI is InChI=1S/C15H25N3/c1-2-18-12-5-7-15(9-13-18)17-11-8-14-6-3-4-10-16-14/h3-4,6,10,15,17H,2,5,7-9,11-13H2,1H3. The average Bonchev–Trinajstić information content (AvgIpc) is 2.65. The van der Waals surface area contributed by atoms with Crippen molar-refractivity contribution in [3.05, 3.63) is 30.1 Å². The van der Waals surface area contributed by atoms with Gasteiger partial charge in [-0.15, -0.1) is 0 Å². The SMILES string of the molecule is CCN1CCCC(NCCc2ccccn2)CC1. The molecule has 1 fully saturated rings. The van der Waals surface area contributed by atoms with E-state index in [1.165, 1.54) is 44.6 Å². The van der Waals surface area contributed by atoms with Gasteiger partial charge in [0.25, 0.3) is 0 Å². The van der Waals surface area contributed by atoms with Crippen molar-refractivity contribution in [2.45, 2.75) is 38.6 Å². The smallest absolute Gasteiger partial charge is 0.0416 e. The fourth-order valence-electron chi connectivity index (χ4n) is 2.63. The second-order valence-corrected chi connectivity index (χ2v) is 5.09. The van der Waals surface area contributed by atoms with Gasteiger partial charge in [-0.05, 0) is 51.0 Å². The van der Waals surface area contributed by atoms with Gasteiger partial charge in [0, 0.05) is 30.9 Å². The molecular weight excluding hydrogens is 222 g/mol. The van der Waals surface area contributed by atoms with Gasteiger partial charge in [0.2, 0.25) is 0 Å². The Kier molecular flexibility index (Phi) is 5.62. The first-order valence-electron chi connectivity index (χ1n) is 7.24. The highest BCUT2D eigenvalue weighted by molar-refractivity contribution is 5.03. The molecule has 1 saturated heterocycles. The summed E-state index contributed by atoms with van der Waals surface area (Å²) in [5.74, 6) is 0. The van der Waals surface area contributed by atoms with Gasteiger partial charge in [-0.1, -0.05) is 13.0 Å². The van der Waals surface area contributed by atoms with Gasteiger partial charge >= 0.3 is 0 Å². The van der Waals surface area contributed by atoms with Crippen molar-refractivity contribution >= 4 is 0 Å². The van der Waals surface area contributed by atoms with E-state index in [-0.39, 0.29) is 0 Å². The third kappa shape index (κ3) is 4.39.